The maximum Gasteiger partial charge on any atom is 0.406 e. The number of hydrogen-bond donors (Lipinski definition) is 1. The van der Waals surface area contributed by atoms with E-state index in [-0.39, 0.29) is 12.5 Å². The number of rotatable bonds is 8. The first-order valence-electron chi connectivity index (χ1n) is 6.38. The lowest BCUT2D eigenvalue weighted by Crippen LogP contribution is -2.50. The van der Waals surface area contributed by atoms with Crippen molar-refractivity contribution in [3.05, 3.63) is 0 Å². The maximum absolute atomic E-state index is 12.4. The Morgan fingerprint density at radius 2 is 1.95 bits per heavy atom. The molecule has 0 saturated heterocycles. The van der Waals surface area contributed by atoms with Gasteiger partial charge in [0.15, 0.2) is 0 Å². The van der Waals surface area contributed by atoms with Gasteiger partial charge in [0.25, 0.3) is 0 Å². The van der Waals surface area contributed by atoms with Crippen LogP contribution in [0.25, 0.3) is 0 Å². The summed E-state index contributed by atoms with van der Waals surface area (Å²) in [5.41, 5.74) is 5.62. The fourth-order valence-corrected chi connectivity index (χ4v) is 1.48. The molecule has 0 spiro atoms. The Kier molecular flexibility index (Phi) is 8.01. The molecule has 0 fully saturated rings. The lowest BCUT2D eigenvalue weighted by atomic mass is 10.0. The quantitative estimate of drug-likeness (QED) is 0.691. The summed E-state index contributed by atoms with van der Waals surface area (Å²) >= 11 is 0. The number of hydrogen-bond acceptors (Lipinski definition) is 3. The molecule has 4 nitrogen and oxygen atoms in total. The zero-order valence-electron chi connectivity index (χ0n) is 11.7. The van der Waals surface area contributed by atoms with E-state index in [0.29, 0.717) is 19.6 Å². The van der Waals surface area contributed by atoms with E-state index in [4.69, 9.17) is 10.5 Å². The molecule has 0 heterocycles. The van der Waals surface area contributed by atoms with Crippen LogP contribution < -0.4 is 5.73 Å². The van der Waals surface area contributed by atoms with Crippen molar-refractivity contribution in [2.24, 2.45) is 11.7 Å². The summed E-state index contributed by atoms with van der Waals surface area (Å²) in [4.78, 5) is 12.7. The minimum Gasteiger partial charge on any atom is -0.382 e. The molecule has 0 rings (SSSR count). The van der Waals surface area contributed by atoms with Crippen molar-refractivity contribution in [1.82, 2.24) is 4.90 Å². The molecule has 114 valence electrons. The van der Waals surface area contributed by atoms with Gasteiger partial charge < -0.3 is 15.4 Å². The molecule has 0 aliphatic rings. The standard InChI is InChI=1S/C12H23F3N2O2/c1-4-19-7-5-6-17(8-12(13,14)15)11(18)10(16)9(2)3/h9-10H,4-8,16H2,1-3H3/t10-/m1/s1. The summed E-state index contributed by atoms with van der Waals surface area (Å²) < 4.78 is 42.4. The molecule has 0 bridgehead atoms. The molecule has 0 aromatic rings. The second-order valence-electron chi connectivity index (χ2n) is 4.70. The Bertz CT molecular complexity index is 270. The summed E-state index contributed by atoms with van der Waals surface area (Å²) in [6, 6.07) is -0.908. The molecular weight excluding hydrogens is 261 g/mol. The van der Waals surface area contributed by atoms with Crippen LogP contribution in [0.15, 0.2) is 0 Å². The highest BCUT2D eigenvalue weighted by Crippen LogP contribution is 2.18. The van der Waals surface area contributed by atoms with Crippen LogP contribution in [0.5, 0.6) is 0 Å². The third kappa shape index (κ3) is 8.05. The zero-order chi connectivity index (χ0) is 15.1. The van der Waals surface area contributed by atoms with Crippen LogP contribution in [-0.2, 0) is 9.53 Å². The van der Waals surface area contributed by atoms with E-state index in [9.17, 15) is 18.0 Å². The number of ether oxygens (including phenoxy) is 1. The fourth-order valence-electron chi connectivity index (χ4n) is 1.48. The number of carbonyl (C=O) groups excluding carboxylic acids is 1. The van der Waals surface area contributed by atoms with Crippen LogP contribution >= 0.6 is 0 Å². The van der Waals surface area contributed by atoms with E-state index >= 15 is 0 Å². The van der Waals surface area contributed by atoms with Gasteiger partial charge >= 0.3 is 6.18 Å². The molecule has 0 radical (unpaired) electrons. The van der Waals surface area contributed by atoms with E-state index in [1.807, 2.05) is 0 Å². The Hall–Kier alpha value is -0.820. The minimum atomic E-state index is -4.42. The SMILES string of the molecule is CCOCCCN(CC(F)(F)F)C(=O)[C@H](N)C(C)C. The van der Waals surface area contributed by atoms with Crippen LogP contribution in [-0.4, -0.2) is 49.3 Å². The van der Waals surface area contributed by atoms with E-state index in [2.05, 4.69) is 0 Å². The van der Waals surface area contributed by atoms with Crippen molar-refractivity contribution < 1.29 is 22.7 Å². The molecule has 0 aliphatic carbocycles. The average Bonchev–Trinajstić information content (AvgIpc) is 2.29. The van der Waals surface area contributed by atoms with Gasteiger partial charge in [-0.05, 0) is 19.3 Å². The highest BCUT2D eigenvalue weighted by molar-refractivity contribution is 5.81. The zero-order valence-corrected chi connectivity index (χ0v) is 11.7. The summed E-state index contributed by atoms with van der Waals surface area (Å²) in [5.74, 6) is -0.862. The Labute approximate surface area is 112 Å². The van der Waals surface area contributed by atoms with Crippen LogP contribution in [0.2, 0.25) is 0 Å². The van der Waals surface area contributed by atoms with Crippen LogP contribution in [0.3, 0.4) is 0 Å². The number of alkyl halides is 3. The molecule has 0 aromatic heterocycles. The number of amides is 1. The number of nitrogens with zero attached hydrogens (tertiary/aromatic N) is 1. The highest BCUT2D eigenvalue weighted by Gasteiger charge is 2.34. The van der Waals surface area contributed by atoms with E-state index < -0.39 is 24.7 Å². The summed E-state index contributed by atoms with van der Waals surface area (Å²) in [7, 11) is 0. The van der Waals surface area contributed by atoms with Gasteiger partial charge in [0, 0.05) is 19.8 Å². The van der Waals surface area contributed by atoms with Gasteiger partial charge in [-0.1, -0.05) is 13.8 Å². The Morgan fingerprint density at radius 3 is 2.37 bits per heavy atom. The van der Waals surface area contributed by atoms with Gasteiger partial charge in [0.1, 0.15) is 6.54 Å². The molecule has 0 aliphatic heterocycles. The average molecular weight is 284 g/mol. The molecule has 0 aromatic carbocycles. The molecule has 1 atom stereocenters. The van der Waals surface area contributed by atoms with E-state index in [1.165, 1.54) is 0 Å². The van der Waals surface area contributed by atoms with Gasteiger partial charge in [-0.3, -0.25) is 4.79 Å². The summed E-state index contributed by atoms with van der Waals surface area (Å²) in [6.07, 6.45) is -4.06. The topological polar surface area (TPSA) is 55.6 Å². The molecule has 0 unspecified atom stereocenters. The first-order valence-corrected chi connectivity index (χ1v) is 6.38. The van der Waals surface area contributed by atoms with E-state index in [1.54, 1.807) is 20.8 Å². The molecule has 2 N–H and O–H groups in total. The summed E-state index contributed by atoms with van der Waals surface area (Å²) in [6.45, 7) is 4.77. The minimum absolute atomic E-state index is 0.00123. The number of carbonyl (C=O) groups is 1. The van der Waals surface area contributed by atoms with Gasteiger partial charge in [-0.15, -0.1) is 0 Å². The van der Waals surface area contributed by atoms with Gasteiger partial charge in [-0.25, -0.2) is 0 Å². The molecule has 1 amide bonds. The number of nitrogens with two attached hydrogens (primary N) is 1. The fraction of sp³-hybridized carbons (Fsp3) is 0.917. The molecular formula is C12H23F3N2O2. The summed E-state index contributed by atoms with van der Waals surface area (Å²) in [5, 5.41) is 0. The first kappa shape index (κ1) is 18.2. The molecule has 19 heavy (non-hydrogen) atoms. The Morgan fingerprint density at radius 1 is 1.37 bits per heavy atom. The van der Waals surface area contributed by atoms with Gasteiger partial charge in [0.05, 0.1) is 6.04 Å². The Balaban J connectivity index is 4.53. The largest absolute Gasteiger partial charge is 0.406 e. The van der Waals surface area contributed by atoms with Gasteiger partial charge in [0.2, 0.25) is 5.91 Å². The van der Waals surface area contributed by atoms with Crippen molar-refractivity contribution in [2.75, 3.05) is 26.3 Å². The molecule has 0 saturated carbocycles. The predicted octanol–water partition coefficient (Wildman–Crippen LogP) is 1.79. The second-order valence-corrected chi connectivity index (χ2v) is 4.70. The third-order valence-electron chi connectivity index (χ3n) is 2.61. The normalized spacial score (nSPS) is 13.7. The van der Waals surface area contributed by atoms with E-state index in [0.717, 1.165) is 4.90 Å². The predicted molar refractivity (Wildman–Crippen MR) is 66.6 cm³/mol. The maximum atomic E-state index is 12.4. The monoisotopic (exact) mass is 284 g/mol. The van der Waals surface area contributed by atoms with Crippen LogP contribution in [0.4, 0.5) is 13.2 Å². The van der Waals surface area contributed by atoms with Crippen LogP contribution in [0.1, 0.15) is 27.2 Å². The lowest BCUT2D eigenvalue weighted by molar-refractivity contribution is -0.162. The second kappa shape index (κ2) is 8.37. The smallest absolute Gasteiger partial charge is 0.382 e. The third-order valence-corrected chi connectivity index (χ3v) is 2.61. The van der Waals surface area contributed by atoms with Crippen molar-refractivity contribution in [3.8, 4) is 0 Å². The highest BCUT2D eigenvalue weighted by atomic mass is 19.4. The van der Waals surface area contributed by atoms with Crippen molar-refractivity contribution in [2.45, 2.75) is 39.4 Å². The molecule has 7 heteroatoms. The van der Waals surface area contributed by atoms with Crippen molar-refractivity contribution >= 4 is 5.91 Å². The van der Waals surface area contributed by atoms with Crippen molar-refractivity contribution in [3.63, 3.8) is 0 Å². The van der Waals surface area contributed by atoms with Gasteiger partial charge in [-0.2, -0.15) is 13.2 Å². The number of halogens is 3. The van der Waals surface area contributed by atoms with Crippen molar-refractivity contribution in [1.29, 1.82) is 0 Å². The van der Waals surface area contributed by atoms with Crippen LogP contribution in [0, 0.1) is 5.92 Å². The first-order chi connectivity index (χ1) is 8.69. The lowest BCUT2D eigenvalue weighted by Gasteiger charge is -2.28.